The Kier molecular flexibility index (Phi) is 6.31. The Balaban J connectivity index is 1.73. The van der Waals surface area contributed by atoms with E-state index in [1.54, 1.807) is 55.5 Å². The number of halogens is 1. The topological polar surface area (TPSA) is 91.0 Å². The van der Waals surface area contributed by atoms with E-state index in [1.165, 1.54) is 17.9 Å². The van der Waals surface area contributed by atoms with Crippen molar-refractivity contribution in [2.45, 2.75) is 13.0 Å². The number of hydrogen-bond donors (Lipinski definition) is 2. The molecule has 8 nitrogen and oxygen atoms in total. The molecule has 158 valence electrons. The number of hydrazine groups is 1. The molecule has 1 aliphatic heterocycles. The molecule has 30 heavy (non-hydrogen) atoms. The van der Waals surface area contributed by atoms with Gasteiger partial charge in [-0.3, -0.25) is 19.9 Å². The van der Waals surface area contributed by atoms with Crippen molar-refractivity contribution in [2.24, 2.45) is 0 Å². The van der Waals surface area contributed by atoms with Gasteiger partial charge in [0.1, 0.15) is 11.9 Å². The molecule has 1 saturated heterocycles. The second-order valence-electron chi connectivity index (χ2n) is 7.13. The Morgan fingerprint density at radius 2 is 1.90 bits per heavy atom. The summed E-state index contributed by atoms with van der Waals surface area (Å²) in [5.74, 6) is -0.982. The van der Waals surface area contributed by atoms with Gasteiger partial charge in [-0.2, -0.15) is 0 Å². The second kappa shape index (κ2) is 8.91. The maximum atomic E-state index is 14.8. The number of rotatable bonds is 6. The average Bonchev–Trinajstić information content (AvgIpc) is 3.06. The third-order valence-electron chi connectivity index (χ3n) is 4.50. The summed E-state index contributed by atoms with van der Waals surface area (Å²) < 4.78 is 20.0. The minimum atomic E-state index is -0.589. The molecule has 1 fully saturated rings. The molecule has 3 rings (SSSR count). The SMILES string of the molecule is CC(=O)NC[C@H]1CN(c2ccc(-c3ccc(C(=O)NN(C)C)cc3)c(F)c2)C(=O)O1. The molecular weight excluding hydrogens is 391 g/mol. The zero-order valence-corrected chi connectivity index (χ0v) is 16.9. The van der Waals surface area contributed by atoms with Crippen molar-refractivity contribution in [3.8, 4) is 11.1 Å². The van der Waals surface area contributed by atoms with Gasteiger partial charge in [-0.15, -0.1) is 0 Å². The Labute approximate surface area is 173 Å². The first-order chi connectivity index (χ1) is 14.2. The number of nitrogens with one attached hydrogen (secondary N) is 2. The van der Waals surface area contributed by atoms with Crippen LogP contribution in [0.15, 0.2) is 42.5 Å². The second-order valence-corrected chi connectivity index (χ2v) is 7.13. The minimum Gasteiger partial charge on any atom is -0.442 e. The van der Waals surface area contributed by atoms with Crippen LogP contribution in [0.3, 0.4) is 0 Å². The Bertz CT molecular complexity index is 962. The van der Waals surface area contributed by atoms with E-state index in [4.69, 9.17) is 4.74 Å². The van der Waals surface area contributed by atoms with Crippen molar-refractivity contribution in [2.75, 3.05) is 32.1 Å². The highest BCUT2D eigenvalue weighted by Gasteiger charge is 2.32. The summed E-state index contributed by atoms with van der Waals surface area (Å²) in [6.07, 6.45) is -1.08. The molecule has 1 aliphatic rings. The highest BCUT2D eigenvalue weighted by atomic mass is 19.1. The van der Waals surface area contributed by atoms with Crippen molar-refractivity contribution in [3.63, 3.8) is 0 Å². The van der Waals surface area contributed by atoms with Gasteiger partial charge >= 0.3 is 6.09 Å². The zero-order chi connectivity index (χ0) is 21.8. The number of carbonyl (C=O) groups excluding carboxylic acids is 3. The number of anilines is 1. The van der Waals surface area contributed by atoms with Crippen LogP contribution >= 0.6 is 0 Å². The number of nitrogens with zero attached hydrogens (tertiary/aromatic N) is 2. The van der Waals surface area contributed by atoms with Crippen LogP contribution in [0.25, 0.3) is 11.1 Å². The van der Waals surface area contributed by atoms with Crippen LogP contribution in [0, 0.1) is 5.82 Å². The number of amides is 3. The average molecular weight is 414 g/mol. The van der Waals surface area contributed by atoms with Gasteiger partial charge in [0.25, 0.3) is 5.91 Å². The molecule has 1 heterocycles. The van der Waals surface area contributed by atoms with Crippen LogP contribution in [-0.2, 0) is 9.53 Å². The number of carbonyl (C=O) groups is 3. The minimum absolute atomic E-state index is 0.200. The standard InChI is InChI=1S/C21H23FN4O4/c1-13(27)23-11-17-12-26(21(29)30-17)16-8-9-18(19(22)10-16)14-4-6-15(7-5-14)20(28)24-25(2)3/h4-10,17H,11-12H2,1-3H3,(H,23,27)(H,24,28)/t17-/m0/s1. The van der Waals surface area contributed by atoms with Gasteiger partial charge in [-0.25, -0.2) is 14.2 Å². The van der Waals surface area contributed by atoms with E-state index in [0.29, 0.717) is 22.4 Å². The van der Waals surface area contributed by atoms with Gasteiger partial charge in [0, 0.05) is 32.1 Å². The molecule has 2 aromatic carbocycles. The normalized spacial score (nSPS) is 15.8. The highest BCUT2D eigenvalue weighted by Crippen LogP contribution is 2.29. The fourth-order valence-electron chi connectivity index (χ4n) is 3.07. The molecule has 0 bridgehead atoms. The first-order valence-electron chi connectivity index (χ1n) is 9.35. The van der Waals surface area contributed by atoms with Gasteiger partial charge < -0.3 is 10.1 Å². The molecule has 2 aromatic rings. The highest BCUT2D eigenvalue weighted by molar-refractivity contribution is 5.94. The van der Waals surface area contributed by atoms with Crippen molar-refractivity contribution in [1.82, 2.24) is 15.8 Å². The summed E-state index contributed by atoms with van der Waals surface area (Å²) in [7, 11) is 3.42. The first kappa shape index (κ1) is 21.3. The molecule has 3 amide bonds. The van der Waals surface area contributed by atoms with E-state index in [-0.39, 0.29) is 24.9 Å². The van der Waals surface area contributed by atoms with Gasteiger partial charge in [0.05, 0.1) is 18.8 Å². The van der Waals surface area contributed by atoms with Crippen molar-refractivity contribution in [3.05, 3.63) is 53.8 Å². The third kappa shape index (κ3) is 4.93. The predicted molar refractivity (Wildman–Crippen MR) is 109 cm³/mol. The summed E-state index contributed by atoms with van der Waals surface area (Å²) in [4.78, 5) is 36.4. The van der Waals surface area contributed by atoms with Crippen LogP contribution in [0.2, 0.25) is 0 Å². The van der Waals surface area contributed by atoms with Crippen LogP contribution in [0.1, 0.15) is 17.3 Å². The predicted octanol–water partition coefficient (Wildman–Crippen LogP) is 2.16. The van der Waals surface area contributed by atoms with E-state index in [2.05, 4.69) is 10.7 Å². The van der Waals surface area contributed by atoms with E-state index in [0.717, 1.165) is 0 Å². The van der Waals surface area contributed by atoms with Crippen LogP contribution in [0.5, 0.6) is 0 Å². The van der Waals surface area contributed by atoms with Crippen LogP contribution < -0.4 is 15.6 Å². The molecule has 9 heteroatoms. The van der Waals surface area contributed by atoms with Gasteiger partial charge in [-0.1, -0.05) is 12.1 Å². The molecular formula is C21H23FN4O4. The van der Waals surface area contributed by atoms with Crippen LogP contribution in [0.4, 0.5) is 14.9 Å². The molecule has 0 radical (unpaired) electrons. The maximum Gasteiger partial charge on any atom is 0.414 e. The van der Waals surface area contributed by atoms with Gasteiger partial charge in [0.2, 0.25) is 5.91 Å². The zero-order valence-electron chi connectivity index (χ0n) is 16.9. The Hall–Kier alpha value is -3.46. The quantitative estimate of drug-likeness (QED) is 0.707. The monoisotopic (exact) mass is 414 g/mol. The van der Waals surface area contributed by atoms with Gasteiger partial charge in [-0.05, 0) is 35.9 Å². The summed E-state index contributed by atoms with van der Waals surface area (Å²) in [5.41, 5.74) is 4.41. The Morgan fingerprint density at radius 3 is 2.50 bits per heavy atom. The lowest BCUT2D eigenvalue weighted by Crippen LogP contribution is -2.36. The van der Waals surface area contributed by atoms with Gasteiger partial charge in [0.15, 0.2) is 0 Å². The molecule has 0 unspecified atom stereocenters. The van der Waals surface area contributed by atoms with E-state index >= 15 is 0 Å². The summed E-state index contributed by atoms with van der Waals surface area (Å²) in [5, 5.41) is 4.14. The van der Waals surface area contributed by atoms with E-state index < -0.39 is 18.0 Å². The lowest BCUT2D eigenvalue weighted by Gasteiger charge is -2.15. The van der Waals surface area contributed by atoms with Crippen molar-refractivity contribution >= 4 is 23.6 Å². The third-order valence-corrected chi connectivity index (χ3v) is 4.50. The lowest BCUT2D eigenvalue weighted by atomic mass is 10.0. The molecule has 0 spiro atoms. The van der Waals surface area contributed by atoms with E-state index in [9.17, 15) is 18.8 Å². The molecule has 0 saturated carbocycles. The smallest absolute Gasteiger partial charge is 0.414 e. The lowest BCUT2D eigenvalue weighted by molar-refractivity contribution is -0.119. The largest absolute Gasteiger partial charge is 0.442 e. The summed E-state index contributed by atoms with van der Waals surface area (Å²) in [6.45, 7) is 1.79. The number of benzene rings is 2. The Morgan fingerprint density at radius 1 is 1.20 bits per heavy atom. The van der Waals surface area contributed by atoms with E-state index in [1.807, 2.05) is 0 Å². The summed E-state index contributed by atoms with van der Waals surface area (Å²) >= 11 is 0. The van der Waals surface area contributed by atoms with Crippen molar-refractivity contribution < 1.29 is 23.5 Å². The fourth-order valence-corrected chi connectivity index (χ4v) is 3.07. The fraction of sp³-hybridized carbons (Fsp3) is 0.286. The van der Waals surface area contributed by atoms with Crippen molar-refractivity contribution in [1.29, 1.82) is 0 Å². The number of ether oxygens (including phenoxy) is 1. The molecule has 0 aromatic heterocycles. The molecule has 2 N–H and O–H groups in total. The number of cyclic esters (lactones) is 1. The molecule has 1 atom stereocenters. The number of hydrogen-bond acceptors (Lipinski definition) is 5. The molecule has 0 aliphatic carbocycles. The van der Waals surface area contributed by atoms with Crippen LogP contribution in [-0.4, -0.2) is 56.2 Å². The maximum absolute atomic E-state index is 14.8. The summed E-state index contributed by atoms with van der Waals surface area (Å²) in [6, 6.07) is 11.0. The first-order valence-corrected chi connectivity index (χ1v) is 9.35.